The molecule has 0 saturated carbocycles. The van der Waals surface area contributed by atoms with E-state index in [1.54, 1.807) is 0 Å². The van der Waals surface area contributed by atoms with Gasteiger partial charge in [0, 0.05) is 0 Å². The van der Waals surface area contributed by atoms with Crippen molar-refractivity contribution in [3.8, 4) is 0 Å². The Balaban J connectivity index is 2.67. The lowest BCUT2D eigenvalue weighted by Crippen LogP contribution is -2.14. The van der Waals surface area contributed by atoms with Gasteiger partial charge in [-0.25, -0.2) is 0 Å². The van der Waals surface area contributed by atoms with Crippen molar-refractivity contribution in [3.63, 3.8) is 0 Å². The predicted octanol–water partition coefficient (Wildman–Crippen LogP) is 6.24. The van der Waals surface area contributed by atoms with Crippen LogP contribution in [0.2, 0.25) is 0 Å². The van der Waals surface area contributed by atoms with Gasteiger partial charge in [0.1, 0.15) is 0 Å². The molecule has 0 aliphatic carbocycles. The summed E-state index contributed by atoms with van der Waals surface area (Å²) in [4.78, 5) is 0. The van der Waals surface area contributed by atoms with Crippen LogP contribution in [0.15, 0.2) is 71.6 Å². The molecule has 0 bridgehead atoms. The van der Waals surface area contributed by atoms with Crippen molar-refractivity contribution in [2.75, 3.05) is 0 Å². The summed E-state index contributed by atoms with van der Waals surface area (Å²) in [6.45, 7) is 13.3. The van der Waals surface area contributed by atoms with Gasteiger partial charge in [-0.2, -0.15) is 0 Å². The molecule has 0 aliphatic rings. The van der Waals surface area contributed by atoms with Crippen LogP contribution in [0.5, 0.6) is 0 Å². The molecule has 0 N–H and O–H groups in total. The average Bonchev–Trinajstić information content (AvgIpc) is 2.46. The summed E-state index contributed by atoms with van der Waals surface area (Å²) < 4.78 is 0. The Kier molecular flexibility index (Phi) is 6.58. The molecular formula is C23H29P. The molecule has 1 heteroatoms. The quantitative estimate of drug-likeness (QED) is 0.448. The Morgan fingerprint density at radius 1 is 0.875 bits per heavy atom. The van der Waals surface area contributed by atoms with Crippen molar-refractivity contribution in [1.29, 1.82) is 0 Å². The fraction of sp³-hybridized carbons (Fsp3) is 0.304. The lowest BCUT2D eigenvalue weighted by atomic mass is 10.2. The monoisotopic (exact) mass is 336 g/mol. The van der Waals surface area contributed by atoms with Crippen molar-refractivity contribution in [2.45, 2.75) is 41.5 Å². The third-order valence-corrected chi connectivity index (χ3v) is 6.10. The van der Waals surface area contributed by atoms with Crippen LogP contribution in [0, 0.1) is 19.8 Å². The Morgan fingerprint density at radius 3 is 1.75 bits per heavy atom. The number of rotatable bonds is 5. The molecule has 0 atom stereocenters. The molecule has 0 saturated heterocycles. The summed E-state index contributed by atoms with van der Waals surface area (Å²) in [7, 11) is -0.527. The molecule has 0 unspecified atom stereocenters. The highest BCUT2D eigenvalue weighted by Crippen LogP contribution is 2.45. The average molecular weight is 336 g/mol. The van der Waals surface area contributed by atoms with Gasteiger partial charge in [0.2, 0.25) is 0 Å². The fourth-order valence-corrected chi connectivity index (χ4v) is 5.67. The summed E-state index contributed by atoms with van der Waals surface area (Å²) in [6.07, 6.45) is 4.81. The first kappa shape index (κ1) is 18.7. The zero-order valence-electron chi connectivity index (χ0n) is 15.8. The van der Waals surface area contributed by atoms with Gasteiger partial charge in [-0.15, -0.1) is 0 Å². The van der Waals surface area contributed by atoms with E-state index in [2.05, 4.69) is 102 Å². The Morgan fingerprint density at radius 2 is 1.38 bits per heavy atom. The van der Waals surface area contributed by atoms with E-state index in [9.17, 15) is 0 Å². The second-order valence-electron chi connectivity index (χ2n) is 7.07. The second-order valence-corrected chi connectivity index (χ2v) is 9.29. The van der Waals surface area contributed by atoms with Crippen LogP contribution in [0.3, 0.4) is 0 Å². The highest BCUT2D eigenvalue weighted by Gasteiger charge is 2.18. The van der Waals surface area contributed by atoms with E-state index >= 15 is 0 Å². The number of hydrogen-bond donors (Lipinski definition) is 0. The molecule has 0 amide bonds. The van der Waals surface area contributed by atoms with Crippen molar-refractivity contribution in [3.05, 3.63) is 82.7 Å². The van der Waals surface area contributed by atoms with Gasteiger partial charge in [-0.05, 0) is 57.5 Å². The van der Waals surface area contributed by atoms with Crippen LogP contribution in [0.1, 0.15) is 38.8 Å². The van der Waals surface area contributed by atoms with E-state index in [1.807, 2.05) is 0 Å². The first-order valence-corrected chi connectivity index (χ1v) is 10.0. The molecule has 126 valence electrons. The first-order chi connectivity index (χ1) is 11.4. The molecule has 0 heterocycles. The largest absolute Gasteiger partial charge is 0.0758 e. The van der Waals surface area contributed by atoms with Gasteiger partial charge < -0.3 is 0 Å². The second kappa shape index (κ2) is 8.45. The van der Waals surface area contributed by atoms with Gasteiger partial charge in [0.15, 0.2) is 0 Å². The summed E-state index contributed by atoms with van der Waals surface area (Å²) in [5.41, 5.74) is 4.01. The summed E-state index contributed by atoms with van der Waals surface area (Å²) in [5.74, 6) is 0.537. The number of allylic oxidation sites excluding steroid dienone is 4. The molecular weight excluding hydrogens is 307 g/mol. The molecule has 0 aliphatic heterocycles. The third kappa shape index (κ3) is 5.18. The molecule has 2 rings (SSSR count). The van der Waals surface area contributed by atoms with Crippen LogP contribution < -0.4 is 10.6 Å². The molecule has 2 aromatic carbocycles. The minimum absolute atomic E-state index is 0.527. The molecule has 24 heavy (non-hydrogen) atoms. The minimum atomic E-state index is -0.527. The van der Waals surface area contributed by atoms with Crippen LogP contribution in [0.25, 0.3) is 0 Å². The van der Waals surface area contributed by atoms with Crippen LogP contribution in [0.4, 0.5) is 0 Å². The van der Waals surface area contributed by atoms with Gasteiger partial charge in [-0.3, -0.25) is 0 Å². The van der Waals surface area contributed by atoms with E-state index in [0.717, 1.165) is 0 Å². The van der Waals surface area contributed by atoms with Gasteiger partial charge in [-0.1, -0.05) is 91.2 Å². The standard InChI is InChI=1S/C23H29P/c1-17(2)13-23(14-18(3)4)24(21-11-7-9-19(5)15-21)22-12-8-10-20(6)16-22/h7-17H,1-6H3/b23-13+. The van der Waals surface area contributed by atoms with Gasteiger partial charge in [0.25, 0.3) is 0 Å². The molecule has 0 radical (unpaired) electrons. The molecule has 0 nitrogen and oxygen atoms in total. The van der Waals surface area contributed by atoms with Crippen molar-refractivity contribution < 1.29 is 0 Å². The Labute approximate surface area is 149 Å². The maximum atomic E-state index is 2.43. The lowest BCUT2D eigenvalue weighted by Gasteiger charge is -2.22. The predicted molar refractivity (Wildman–Crippen MR) is 111 cm³/mol. The fourth-order valence-electron chi connectivity index (χ4n) is 2.81. The SMILES string of the molecule is CC(C)=C/C(=C\C(C)C)P(c1cccc(C)c1)c1cccc(C)c1. The van der Waals surface area contributed by atoms with E-state index in [4.69, 9.17) is 0 Å². The summed E-state index contributed by atoms with van der Waals surface area (Å²) >= 11 is 0. The highest BCUT2D eigenvalue weighted by atomic mass is 31.1. The topological polar surface area (TPSA) is 0 Å². The number of hydrogen-bond acceptors (Lipinski definition) is 0. The molecule has 0 fully saturated rings. The lowest BCUT2D eigenvalue weighted by molar-refractivity contribution is 0.830. The maximum absolute atomic E-state index is 2.43. The minimum Gasteiger partial charge on any atom is -0.0758 e. The Bertz CT molecular complexity index is 701. The smallest absolute Gasteiger partial charge is 0.0137 e. The van der Waals surface area contributed by atoms with Crippen molar-refractivity contribution in [2.24, 2.45) is 5.92 Å². The third-order valence-electron chi connectivity index (χ3n) is 3.72. The zero-order chi connectivity index (χ0) is 17.7. The van der Waals surface area contributed by atoms with Crippen LogP contribution in [-0.4, -0.2) is 0 Å². The van der Waals surface area contributed by atoms with Gasteiger partial charge in [0.05, 0.1) is 0 Å². The summed E-state index contributed by atoms with van der Waals surface area (Å²) in [6, 6.07) is 18.0. The zero-order valence-corrected chi connectivity index (χ0v) is 16.7. The van der Waals surface area contributed by atoms with E-state index in [1.165, 1.54) is 32.6 Å². The molecule has 0 spiro atoms. The normalized spacial score (nSPS) is 11.9. The van der Waals surface area contributed by atoms with Gasteiger partial charge >= 0.3 is 0 Å². The maximum Gasteiger partial charge on any atom is -0.0137 e. The number of benzene rings is 2. The molecule has 2 aromatic rings. The Hall–Kier alpha value is -1.65. The highest BCUT2D eigenvalue weighted by molar-refractivity contribution is 7.77. The van der Waals surface area contributed by atoms with Crippen LogP contribution >= 0.6 is 7.92 Å². The van der Waals surface area contributed by atoms with Crippen molar-refractivity contribution >= 4 is 18.5 Å². The first-order valence-electron chi connectivity index (χ1n) is 8.67. The van der Waals surface area contributed by atoms with Crippen LogP contribution in [-0.2, 0) is 0 Å². The van der Waals surface area contributed by atoms with E-state index in [-0.39, 0.29) is 0 Å². The van der Waals surface area contributed by atoms with E-state index < -0.39 is 7.92 Å². The number of aryl methyl sites for hydroxylation is 2. The van der Waals surface area contributed by atoms with Crippen molar-refractivity contribution in [1.82, 2.24) is 0 Å². The molecule has 0 aromatic heterocycles. The van der Waals surface area contributed by atoms with E-state index in [0.29, 0.717) is 5.92 Å². The summed E-state index contributed by atoms with van der Waals surface area (Å²) in [5, 5.41) is 4.32.